The standard InChI is InChI=1S/C13H22N4O3/c1-5-17-12(11(14)9(2)15-17)13(19)16(3)8-6-7-10(18)20-4/h5-8,14H2,1-4H3. The molecule has 0 bridgehead atoms. The number of aryl methyl sites for hydroxylation is 2. The van der Waals surface area contributed by atoms with Crippen LogP contribution in [0.1, 0.15) is 35.9 Å². The lowest BCUT2D eigenvalue weighted by Gasteiger charge is -2.17. The number of nitrogen functional groups attached to an aromatic ring is 1. The van der Waals surface area contributed by atoms with E-state index in [9.17, 15) is 9.59 Å². The highest BCUT2D eigenvalue weighted by molar-refractivity contribution is 5.97. The number of amides is 1. The van der Waals surface area contributed by atoms with Crippen molar-refractivity contribution in [3.05, 3.63) is 11.4 Å². The average molecular weight is 282 g/mol. The van der Waals surface area contributed by atoms with Gasteiger partial charge >= 0.3 is 5.97 Å². The molecule has 2 N–H and O–H groups in total. The van der Waals surface area contributed by atoms with E-state index in [1.807, 2.05) is 6.92 Å². The Morgan fingerprint density at radius 2 is 2.10 bits per heavy atom. The number of carbonyl (C=O) groups excluding carboxylic acids is 2. The lowest BCUT2D eigenvalue weighted by atomic mass is 10.2. The van der Waals surface area contributed by atoms with E-state index in [0.717, 1.165) is 0 Å². The van der Waals surface area contributed by atoms with Gasteiger partial charge in [0.25, 0.3) is 5.91 Å². The minimum Gasteiger partial charge on any atom is -0.469 e. The summed E-state index contributed by atoms with van der Waals surface area (Å²) < 4.78 is 6.16. The van der Waals surface area contributed by atoms with Gasteiger partial charge in [-0.25, -0.2) is 0 Å². The van der Waals surface area contributed by atoms with Crippen LogP contribution >= 0.6 is 0 Å². The van der Waals surface area contributed by atoms with Crippen molar-refractivity contribution in [1.29, 1.82) is 0 Å². The molecule has 0 saturated heterocycles. The molecule has 1 aromatic rings. The van der Waals surface area contributed by atoms with E-state index in [1.54, 1.807) is 23.6 Å². The molecule has 20 heavy (non-hydrogen) atoms. The number of nitrogens with two attached hydrogens (primary N) is 1. The first-order valence-electron chi connectivity index (χ1n) is 6.57. The lowest BCUT2D eigenvalue weighted by Crippen LogP contribution is -2.30. The quantitative estimate of drug-likeness (QED) is 0.780. The minimum atomic E-state index is -0.278. The summed E-state index contributed by atoms with van der Waals surface area (Å²) >= 11 is 0. The second-order valence-electron chi connectivity index (χ2n) is 4.57. The number of aromatic nitrogens is 2. The van der Waals surface area contributed by atoms with Crippen LogP contribution in [0.3, 0.4) is 0 Å². The van der Waals surface area contributed by atoms with Crippen LogP contribution in [-0.4, -0.2) is 47.3 Å². The Morgan fingerprint density at radius 1 is 1.45 bits per heavy atom. The number of hydrogen-bond donors (Lipinski definition) is 1. The van der Waals surface area contributed by atoms with Gasteiger partial charge in [0, 0.05) is 26.6 Å². The van der Waals surface area contributed by atoms with Crippen molar-refractivity contribution in [2.24, 2.45) is 0 Å². The van der Waals surface area contributed by atoms with Crippen molar-refractivity contribution in [3.8, 4) is 0 Å². The Hall–Kier alpha value is -2.05. The highest BCUT2D eigenvalue weighted by Gasteiger charge is 2.22. The zero-order chi connectivity index (χ0) is 15.3. The van der Waals surface area contributed by atoms with E-state index in [1.165, 1.54) is 7.11 Å². The van der Waals surface area contributed by atoms with E-state index in [0.29, 0.717) is 36.6 Å². The Labute approximate surface area is 118 Å². The monoisotopic (exact) mass is 282 g/mol. The zero-order valence-corrected chi connectivity index (χ0v) is 12.5. The summed E-state index contributed by atoms with van der Waals surface area (Å²) in [5.41, 5.74) is 7.38. The summed E-state index contributed by atoms with van der Waals surface area (Å²) in [6.07, 6.45) is 0.837. The van der Waals surface area contributed by atoms with Crippen molar-refractivity contribution < 1.29 is 14.3 Å². The highest BCUT2D eigenvalue weighted by Crippen LogP contribution is 2.18. The first kappa shape index (κ1) is 16.0. The summed E-state index contributed by atoms with van der Waals surface area (Å²) in [5, 5.41) is 4.22. The maximum Gasteiger partial charge on any atom is 0.305 e. The Balaban J connectivity index is 2.72. The SMILES string of the molecule is CCn1nc(C)c(N)c1C(=O)N(C)CCCC(=O)OC. The molecule has 0 aliphatic rings. The van der Waals surface area contributed by atoms with Gasteiger partial charge in [-0.05, 0) is 20.3 Å². The van der Waals surface area contributed by atoms with Crippen LogP contribution in [-0.2, 0) is 16.1 Å². The first-order chi connectivity index (χ1) is 9.42. The second kappa shape index (κ2) is 6.93. The van der Waals surface area contributed by atoms with Crippen molar-refractivity contribution in [3.63, 3.8) is 0 Å². The fourth-order valence-corrected chi connectivity index (χ4v) is 1.89. The van der Waals surface area contributed by atoms with Crippen LogP contribution in [0.25, 0.3) is 0 Å². The molecule has 0 spiro atoms. The van der Waals surface area contributed by atoms with Gasteiger partial charge in [0.15, 0.2) is 0 Å². The van der Waals surface area contributed by atoms with Crippen LogP contribution in [0, 0.1) is 6.92 Å². The van der Waals surface area contributed by atoms with Gasteiger partial charge in [0.05, 0.1) is 18.5 Å². The maximum atomic E-state index is 12.4. The van der Waals surface area contributed by atoms with Crippen molar-refractivity contribution in [2.45, 2.75) is 33.2 Å². The predicted octanol–water partition coefficient (Wildman–Crippen LogP) is 0.819. The van der Waals surface area contributed by atoms with Gasteiger partial charge in [-0.2, -0.15) is 5.10 Å². The minimum absolute atomic E-state index is 0.185. The number of methoxy groups -OCH3 is 1. The maximum absolute atomic E-state index is 12.4. The van der Waals surface area contributed by atoms with Crippen molar-refractivity contribution in [1.82, 2.24) is 14.7 Å². The van der Waals surface area contributed by atoms with Crippen LogP contribution in [0.2, 0.25) is 0 Å². The summed E-state index contributed by atoms with van der Waals surface area (Å²) in [5.74, 6) is -0.463. The number of ether oxygens (including phenoxy) is 1. The molecule has 0 aromatic carbocycles. The average Bonchev–Trinajstić information content (AvgIpc) is 2.72. The topological polar surface area (TPSA) is 90.5 Å². The van der Waals surface area contributed by atoms with E-state index < -0.39 is 0 Å². The third-order valence-corrected chi connectivity index (χ3v) is 3.12. The highest BCUT2D eigenvalue weighted by atomic mass is 16.5. The second-order valence-corrected chi connectivity index (χ2v) is 4.57. The number of nitrogens with zero attached hydrogens (tertiary/aromatic N) is 3. The van der Waals surface area contributed by atoms with E-state index >= 15 is 0 Å². The fourth-order valence-electron chi connectivity index (χ4n) is 1.89. The zero-order valence-electron chi connectivity index (χ0n) is 12.5. The van der Waals surface area contributed by atoms with E-state index in [-0.39, 0.29) is 18.3 Å². The molecule has 112 valence electrons. The van der Waals surface area contributed by atoms with Gasteiger partial charge < -0.3 is 15.4 Å². The molecular weight excluding hydrogens is 260 g/mol. The van der Waals surface area contributed by atoms with Crippen molar-refractivity contribution >= 4 is 17.6 Å². The van der Waals surface area contributed by atoms with Gasteiger partial charge in [0.1, 0.15) is 5.69 Å². The third-order valence-electron chi connectivity index (χ3n) is 3.12. The number of esters is 1. The van der Waals surface area contributed by atoms with E-state index in [4.69, 9.17) is 5.73 Å². The van der Waals surface area contributed by atoms with Gasteiger partial charge in [-0.1, -0.05) is 0 Å². The Morgan fingerprint density at radius 3 is 2.65 bits per heavy atom. The molecule has 1 heterocycles. The summed E-state index contributed by atoms with van der Waals surface area (Å²) in [7, 11) is 3.03. The van der Waals surface area contributed by atoms with Crippen LogP contribution in [0.15, 0.2) is 0 Å². The smallest absolute Gasteiger partial charge is 0.305 e. The molecule has 0 unspecified atom stereocenters. The van der Waals surface area contributed by atoms with E-state index in [2.05, 4.69) is 9.84 Å². The summed E-state index contributed by atoms with van der Waals surface area (Å²) in [6, 6.07) is 0. The van der Waals surface area contributed by atoms with Crippen LogP contribution in [0.5, 0.6) is 0 Å². The van der Waals surface area contributed by atoms with Crippen LogP contribution in [0.4, 0.5) is 5.69 Å². The molecule has 1 amide bonds. The Kier molecular flexibility index (Phi) is 5.54. The largest absolute Gasteiger partial charge is 0.469 e. The fraction of sp³-hybridized carbons (Fsp3) is 0.615. The molecule has 0 fully saturated rings. The molecular formula is C13H22N4O3. The molecule has 7 heteroatoms. The third kappa shape index (κ3) is 3.49. The van der Waals surface area contributed by atoms with Gasteiger partial charge in [-0.15, -0.1) is 0 Å². The molecule has 0 aliphatic heterocycles. The lowest BCUT2D eigenvalue weighted by molar-refractivity contribution is -0.140. The molecule has 0 saturated carbocycles. The van der Waals surface area contributed by atoms with Gasteiger partial charge in [0.2, 0.25) is 0 Å². The number of carbonyl (C=O) groups is 2. The molecule has 0 radical (unpaired) electrons. The Bertz CT molecular complexity index is 496. The number of hydrogen-bond acceptors (Lipinski definition) is 5. The molecule has 0 atom stereocenters. The molecule has 0 aliphatic carbocycles. The molecule has 1 rings (SSSR count). The summed E-state index contributed by atoms with van der Waals surface area (Å²) in [6.45, 7) is 4.71. The van der Waals surface area contributed by atoms with Crippen molar-refractivity contribution in [2.75, 3.05) is 26.4 Å². The number of rotatable bonds is 6. The van der Waals surface area contributed by atoms with Crippen LogP contribution < -0.4 is 5.73 Å². The molecule has 7 nitrogen and oxygen atoms in total. The summed E-state index contributed by atoms with van der Waals surface area (Å²) in [4.78, 5) is 24.9. The number of anilines is 1. The first-order valence-corrected chi connectivity index (χ1v) is 6.57. The predicted molar refractivity (Wildman–Crippen MR) is 75.3 cm³/mol. The molecule has 1 aromatic heterocycles. The normalized spacial score (nSPS) is 10.4. The van der Waals surface area contributed by atoms with Gasteiger partial charge in [-0.3, -0.25) is 14.3 Å².